The van der Waals surface area contributed by atoms with Crippen molar-refractivity contribution < 1.29 is 23.4 Å². The van der Waals surface area contributed by atoms with Crippen LogP contribution < -0.4 is 14.2 Å². The van der Waals surface area contributed by atoms with Crippen molar-refractivity contribution in [3.8, 4) is 17.2 Å². The van der Waals surface area contributed by atoms with E-state index in [4.69, 9.17) is 25.8 Å². The average molecular weight is 519 g/mol. The number of ether oxygens (including phenoxy) is 3. The van der Waals surface area contributed by atoms with E-state index in [0.29, 0.717) is 67.6 Å². The summed E-state index contributed by atoms with van der Waals surface area (Å²) < 4.78 is 30.6. The van der Waals surface area contributed by atoms with Gasteiger partial charge in [0.1, 0.15) is 11.6 Å². The number of nitrogens with zero attached hydrogens (tertiary/aromatic N) is 2. The molecule has 4 rings (SSSR count). The number of fused-ring (bicyclic) bond motifs is 1. The maximum atomic E-state index is 13.8. The third kappa shape index (κ3) is 6.62. The zero-order valence-electron chi connectivity index (χ0n) is 21.4. The SMILES string of the molecule is COc1cc(F)ccc1CN1CCC[C@@H](C(=O)N(Cc2cc(Cl)c3c(c2)OCCCO3)CC(C)C)C1. The first-order chi connectivity index (χ1) is 17.3. The van der Waals surface area contributed by atoms with E-state index in [1.165, 1.54) is 12.1 Å². The molecule has 1 amide bonds. The number of carbonyl (C=O) groups excluding carboxylic acids is 1. The fourth-order valence-corrected chi connectivity index (χ4v) is 5.31. The predicted octanol–water partition coefficient (Wildman–Crippen LogP) is 5.55. The van der Waals surface area contributed by atoms with Crippen molar-refractivity contribution in [2.45, 2.75) is 46.2 Å². The minimum absolute atomic E-state index is 0.0974. The molecule has 2 aliphatic rings. The molecule has 1 fully saturated rings. The van der Waals surface area contributed by atoms with Crippen LogP contribution in [0.15, 0.2) is 30.3 Å². The normalized spacial score (nSPS) is 18.1. The van der Waals surface area contributed by atoms with Crippen LogP contribution in [0.3, 0.4) is 0 Å². The summed E-state index contributed by atoms with van der Waals surface area (Å²) in [5.74, 6) is 1.83. The highest BCUT2D eigenvalue weighted by Gasteiger charge is 2.30. The number of hydrogen-bond acceptors (Lipinski definition) is 5. The number of piperidine rings is 1. The summed E-state index contributed by atoms with van der Waals surface area (Å²) in [6.07, 6.45) is 2.60. The van der Waals surface area contributed by atoms with E-state index < -0.39 is 0 Å². The molecule has 2 aromatic carbocycles. The van der Waals surface area contributed by atoms with Gasteiger partial charge in [-0.2, -0.15) is 0 Å². The number of likely N-dealkylation sites (tertiary alicyclic amines) is 1. The Labute approximate surface area is 218 Å². The standard InChI is InChI=1S/C28H36ClFN2O4/c1-19(2)15-32(16-20-12-24(29)27-26(13-20)35-10-5-11-36-27)28(33)22-6-4-9-31(18-22)17-21-7-8-23(30)14-25(21)34-3/h7-8,12-14,19,22H,4-6,9-11,15-18H2,1-3H3/t22-/m1/s1. The molecule has 2 aromatic rings. The molecule has 0 saturated carbocycles. The second-order valence-corrected chi connectivity index (χ2v) is 10.5. The number of methoxy groups -OCH3 is 1. The molecule has 0 aromatic heterocycles. The van der Waals surface area contributed by atoms with E-state index in [-0.39, 0.29) is 17.6 Å². The summed E-state index contributed by atoms with van der Waals surface area (Å²) in [6, 6.07) is 8.45. The number of rotatable bonds is 8. The minimum Gasteiger partial charge on any atom is -0.496 e. The van der Waals surface area contributed by atoms with E-state index in [1.54, 1.807) is 13.2 Å². The molecular formula is C28H36ClFN2O4. The second kappa shape index (κ2) is 12.2. The third-order valence-electron chi connectivity index (χ3n) is 6.63. The molecule has 1 atom stereocenters. The zero-order valence-corrected chi connectivity index (χ0v) is 22.2. The maximum Gasteiger partial charge on any atom is 0.227 e. The van der Waals surface area contributed by atoms with Gasteiger partial charge in [-0.25, -0.2) is 4.39 Å². The molecule has 6 nitrogen and oxygen atoms in total. The van der Waals surface area contributed by atoms with Crippen molar-refractivity contribution in [2.24, 2.45) is 11.8 Å². The van der Waals surface area contributed by atoms with Crippen molar-refractivity contribution in [1.82, 2.24) is 9.80 Å². The number of amides is 1. The number of halogens is 2. The van der Waals surface area contributed by atoms with Gasteiger partial charge in [-0.05, 0) is 49.1 Å². The van der Waals surface area contributed by atoms with Crippen molar-refractivity contribution in [3.05, 3.63) is 52.3 Å². The van der Waals surface area contributed by atoms with Gasteiger partial charge in [0.25, 0.3) is 0 Å². The predicted molar refractivity (Wildman–Crippen MR) is 138 cm³/mol. The summed E-state index contributed by atoms with van der Waals surface area (Å²) in [5, 5.41) is 0.512. The largest absolute Gasteiger partial charge is 0.496 e. The molecule has 196 valence electrons. The van der Waals surface area contributed by atoms with Crippen LogP contribution in [0.4, 0.5) is 4.39 Å². The smallest absolute Gasteiger partial charge is 0.227 e. The van der Waals surface area contributed by atoms with Crippen LogP contribution in [0.5, 0.6) is 17.2 Å². The van der Waals surface area contributed by atoms with Crippen molar-refractivity contribution in [3.63, 3.8) is 0 Å². The van der Waals surface area contributed by atoms with Gasteiger partial charge in [-0.1, -0.05) is 31.5 Å². The molecule has 36 heavy (non-hydrogen) atoms. The van der Waals surface area contributed by atoms with Crippen LogP contribution >= 0.6 is 11.6 Å². The lowest BCUT2D eigenvalue weighted by Crippen LogP contribution is -2.45. The Morgan fingerprint density at radius 3 is 2.81 bits per heavy atom. The number of hydrogen-bond donors (Lipinski definition) is 0. The topological polar surface area (TPSA) is 51.2 Å². The van der Waals surface area contributed by atoms with Gasteiger partial charge in [-0.15, -0.1) is 0 Å². The monoisotopic (exact) mass is 518 g/mol. The van der Waals surface area contributed by atoms with Gasteiger partial charge >= 0.3 is 0 Å². The van der Waals surface area contributed by atoms with Crippen molar-refractivity contribution >= 4 is 17.5 Å². The molecule has 0 aliphatic carbocycles. The molecule has 0 bridgehead atoms. The van der Waals surface area contributed by atoms with Crippen molar-refractivity contribution in [2.75, 3.05) is 40.0 Å². The number of benzene rings is 2. The van der Waals surface area contributed by atoms with E-state index in [2.05, 4.69) is 18.7 Å². The molecule has 2 heterocycles. The van der Waals surface area contributed by atoms with Crippen molar-refractivity contribution in [1.29, 1.82) is 0 Å². The van der Waals surface area contributed by atoms with Crippen LogP contribution in [0.25, 0.3) is 0 Å². The lowest BCUT2D eigenvalue weighted by molar-refractivity contribution is -0.138. The van der Waals surface area contributed by atoms with E-state index in [1.807, 2.05) is 17.0 Å². The Balaban J connectivity index is 1.48. The first kappa shape index (κ1) is 26.6. The molecular weight excluding hydrogens is 483 g/mol. The van der Waals surface area contributed by atoms with Gasteiger partial charge in [0, 0.05) is 44.2 Å². The highest BCUT2D eigenvalue weighted by Crippen LogP contribution is 2.38. The van der Waals surface area contributed by atoms with Gasteiger partial charge in [0.05, 0.1) is 31.3 Å². The molecule has 2 aliphatic heterocycles. The van der Waals surface area contributed by atoms with Gasteiger partial charge in [-0.3, -0.25) is 9.69 Å². The third-order valence-corrected chi connectivity index (χ3v) is 6.91. The first-order valence-corrected chi connectivity index (χ1v) is 13.1. The summed E-state index contributed by atoms with van der Waals surface area (Å²) in [5.41, 5.74) is 1.86. The maximum absolute atomic E-state index is 13.8. The average Bonchev–Trinajstić information content (AvgIpc) is 3.10. The minimum atomic E-state index is -0.318. The Hall–Kier alpha value is -2.51. The Kier molecular flexibility index (Phi) is 8.96. The van der Waals surface area contributed by atoms with Gasteiger partial charge < -0.3 is 19.1 Å². The van der Waals surface area contributed by atoms with Gasteiger partial charge in [0.2, 0.25) is 5.91 Å². The molecule has 0 radical (unpaired) electrons. The Morgan fingerprint density at radius 2 is 2.03 bits per heavy atom. The molecule has 0 spiro atoms. The second-order valence-electron chi connectivity index (χ2n) is 10.1. The summed E-state index contributed by atoms with van der Waals surface area (Å²) in [6.45, 7) is 8.70. The molecule has 1 saturated heterocycles. The van der Waals surface area contributed by atoms with E-state index in [9.17, 15) is 9.18 Å². The number of carbonyl (C=O) groups is 1. The van der Waals surface area contributed by atoms with Crippen LogP contribution in [0, 0.1) is 17.7 Å². The van der Waals surface area contributed by atoms with Crippen LogP contribution in [0.2, 0.25) is 5.02 Å². The fraction of sp³-hybridized carbons (Fsp3) is 0.536. The molecule has 0 N–H and O–H groups in total. The van der Waals surface area contributed by atoms with Crippen LogP contribution in [-0.2, 0) is 17.9 Å². The van der Waals surface area contributed by atoms with Crippen LogP contribution in [-0.4, -0.2) is 55.7 Å². The quantitative estimate of drug-likeness (QED) is 0.459. The summed E-state index contributed by atoms with van der Waals surface area (Å²) in [7, 11) is 1.55. The Bertz CT molecular complexity index is 1060. The van der Waals surface area contributed by atoms with E-state index >= 15 is 0 Å². The summed E-state index contributed by atoms with van der Waals surface area (Å²) in [4.78, 5) is 18.0. The zero-order chi connectivity index (χ0) is 25.7. The van der Waals surface area contributed by atoms with Gasteiger partial charge in [0.15, 0.2) is 11.5 Å². The first-order valence-electron chi connectivity index (χ1n) is 12.8. The Morgan fingerprint density at radius 1 is 1.22 bits per heavy atom. The fourth-order valence-electron chi connectivity index (χ4n) is 5.02. The lowest BCUT2D eigenvalue weighted by atomic mass is 9.95. The highest BCUT2D eigenvalue weighted by atomic mass is 35.5. The van der Waals surface area contributed by atoms with Crippen LogP contribution in [0.1, 0.15) is 44.2 Å². The summed E-state index contributed by atoms with van der Waals surface area (Å²) >= 11 is 6.52. The van der Waals surface area contributed by atoms with E-state index in [0.717, 1.165) is 36.9 Å². The lowest BCUT2D eigenvalue weighted by Gasteiger charge is -2.36. The molecule has 0 unspecified atom stereocenters. The molecule has 8 heteroatoms. The highest BCUT2D eigenvalue weighted by molar-refractivity contribution is 6.32.